The van der Waals surface area contributed by atoms with Gasteiger partial charge in [-0.2, -0.15) is 4.98 Å². The van der Waals surface area contributed by atoms with Crippen molar-refractivity contribution in [3.8, 4) is 11.7 Å². The zero-order valence-corrected chi connectivity index (χ0v) is 16.8. The SMILES string of the molecule is [C-]#[N+]c1ccc2ncn(-c3ncc4[nH]c(=O)n([C@@H]5CCOc6c(F)cc(F)cc65)c4n3)c2c1. The van der Waals surface area contributed by atoms with E-state index in [0.29, 0.717) is 28.7 Å². The van der Waals surface area contributed by atoms with Crippen molar-refractivity contribution >= 4 is 27.9 Å². The minimum absolute atomic E-state index is 0.0737. The van der Waals surface area contributed by atoms with Crippen LogP contribution in [0.5, 0.6) is 5.75 Å². The fraction of sp³-hybridized carbons (Fsp3) is 0.136. The second-order valence-electron chi connectivity index (χ2n) is 7.57. The first-order valence-electron chi connectivity index (χ1n) is 9.97. The molecular weight excluding hydrogens is 432 g/mol. The van der Waals surface area contributed by atoms with Crippen molar-refractivity contribution in [2.75, 3.05) is 6.61 Å². The van der Waals surface area contributed by atoms with Crippen LogP contribution in [0.4, 0.5) is 14.5 Å². The molecule has 2 aromatic carbocycles. The van der Waals surface area contributed by atoms with Crippen LogP contribution in [0.2, 0.25) is 0 Å². The van der Waals surface area contributed by atoms with Gasteiger partial charge in [0.25, 0.3) is 0 Å². The third-order valence-corrected chi connectivity index (χ3v) is 5.67. The number of benzene rings is 2. The molecule has 1 atom stereocenters. The topological polar surface area (TPSA) is 95.0 Å². The van der Waals surface area contributed by atoms with E-state index in [2.05, 4.69) is 24.8 Å². The highest BCUT2D eigenvalue weighted by Crippen LogP contribution is 2.37. The molecule has 9 nitrogen and oxygen atoms in total. The van der Waals surface area contributed by atoms with Gasteiger partial charge in [-0.25, -0.2) is 28.4 Å². The number of aromatic amines is 1. The van der Waals surface area contributed by atoms with Gasteiger partial charge in [0.05, 0.1) is 36.5 Å². The first-order chi connectivity index (χ1) is 16.0. The summed E-state index contributed by atoms with van der Waals surface area (Å²) in [5.74, 6) is -1.42. The number of aromatic nitrogens is 6. The Morgan fingerprint density at radius 2 is 2.09 bits per heavy atom. The summed E-state index contributed by atoms with van der Waals surface area (Å²) in [6.45, 7) is 7.40. The monoisotopic (exact) mass is 445 g/mol. The van der Waals surface area contributed by atoms with Gasteiger partial charge >= 0.3 is 5.69 Å². The lowest BCUT2D eigenvalue weighted by Crippen LogP contribution is -2.28. The second-order valence-corrected chi connectivity index (χ2v) is 7.57. The van der Waals surface area contributed by atoms with Crippen molar-refractivity contribution in [2.24, 2.45) is 0 Å². The highest BCUT2D eigenvalue weighted by Gasteiger charge is 2.30. The van der Waals surface area contributed by atoms with Gasteiger partial charge in [0.15, 0.2) is 22.9 Å². The Morgan fingerprint density at radius 3 is 2.94 bits per heavy atom. The van der Waals surface area contributed by atoms with Crippen molar-refractivity contribution < 1.29 is 13.5 Å². The highest BCUT2D eigenvalue weighted by atomic mass is 19.1. The molecule has 1 aliphatic heterocycles. The number of halogens is 2. The third-order valence-electron chi connectivity index (χ3n) is 5.67. The van der Waals surface area contributed by atoms with Crippen molar-refractivity contribution in [3.05, 3.63) is 82.0 Å². The molecule has 11 heteroatoms. The van der Waals surface area contributed by atoms with E-state index >= 15 is 0 Å². The summed E-state index contributed by atoms with van der Waals surface area (Å²) >= 11 is 0. The van der Waals surface area contributed by atoms with Crippen molar-refractivity contribution in [2.45, 2.75) is 12.5 Å². The third kappa shape index (κ3) is 2.88. The van der Waals surface area contributed by atoms with E-state index in [1.165, 1.54) is 23.2 Å². The quantitative estimate of drug-likeness (QED) is 0.419. The summed E-state index contributed by atoms with van der Waals surface area (Å²) in [4.78, 5) is 32.2. The maximum absolute atomic E-state index is 14.3. The zero-order valence-electron chi connectivity index (χ0n) is 16.8. The lowest BCUT2D eigenvalue weighted by molar-refractivity contribution is 0.242. The van der Waals surface area contributed by atoms with E-state index in [1.54, 1.807) is 22.8 Å². The maximum atomic E-state index is 14.3. The second kappa shape index (κ2) is 6.96. The van der Waals surface area contributed by atoms with E-state index < -0.39 is 23.4 Å². The van der Waals surface area contributed by atoms with Gasteiger partial charge in [-0.3, -0.25) is 9.13 Å². The molecule has 1 N–H and O–H groups in total. The van der Waals surface area contributed by atoms with Gasteiger partial charge in [-0.15, -0.1) is 0 Å². The minimum Gasteiger partial charge on any atom is -0.490 e. The number of ether oxygens (including phenoxy) is 1. The Balaban J connectivity index is 1.56. The minimum atomic E-state index is -0.821. The van der Waals surface area contributed by atoms with Crippen LogP contribution < -0.4 is 10.4 Å². The van der Waals surface area contributed by atoms with Crippen LogP contribution in [-0.4, -0.2) is 35.7 Å². The molecule has 0 amide bonds. The molecule has 33 heavy (non-hydrogen) atoms. The Morgan fingerprint density at radius 1 is 1.21 bits per heavy atom. The average molecular weight is 445 g/mol. The summed E-state index contributed by atoms with van der Waals surface area (Å²) in [5.41, 5.74) is 2.12. The molecule has 6 rings (SSSR count). The number of fused-ring (bicyclic) bond motifs is 3. The number of nitrogens with one attached hydrogen (secondary N) is 1. The molecule has 0 bridgehead atoms. The van der Waals surface area contributed by atoms with Crippen molar-refractivity contribution in [3.63, 3.8) is 0 Å². The Hall–Kier alpha value is -4.59. The molecular formula is C22H13F2N7O2. The molecule has 0 spiro atoms. The fourth-order valence-corrected chi connectivity index (χ4v) is 4.21. The van der Waals surface area contributed by atoms with Gasteiger partial charge in [0.2, 0.25) is 5.95 Å². The first kappa shape index (κ1) is 19.1. The summed E-state index contributed by atoms with van der Waals surface area (Å²) < 4.78 is 36.7. The van der Waals surface area contributed by atoms with Crippen LogP contribution in [0.15, 0.2) is 47.7 Å². The Labute approximate surface area is 183 Å². The van der Waals surface area contributed by atoms with Crippen LogP contribution in [0.25, 0.3) is 33.0 Å². The van der Waals surface area contributed by atoms with E-state index in [-0.39, 0.29) is 29.5 Å². The predicted molar refractivity (Wildman–Crippen MR) is 114 cm³/mol. The molecule has 0 aliphatic carbocycles. The Kier molecular flexibility index (Phi) is 4.03. The highest BCUT2D eigenvalue weighted by molar-refractivity contribution is 5.81. The summed E-state index contributed by atoms with van der Waals surface area (Å²) in [5, 5.41) is 0. The molecule has 0 saturated heterocycles. The number of hydrogen-bond donors (Lipinski definition) is 1. The molecule has 1 aliphatic rings. The maximum Gasteiger partial charge on any atom is 0.328 e. The summed E-state index contributed by atoms with van der Waals surface area (Å²) in [7, 11) is 0. The smallest absolute Gasteiger partial charge is 0.328 e. The number of H-pyrrole nitrogens is 1. The zero-order chi connectivity index (χ0) is 22.7. The van der Waals surface area contributed by atoms with E-state index in [0.717, 1.165) is 6.07 Å². The summed E-state index contributed by atoms with van der Waals surface area (Å²) in [6.07, 6.45) is 3.32. The van der Waals surface area contributed by atoms with E-state index in [4.69, 9.17) is 11.3 Å². The van der Waals surface area contributed by atoms with Gasteiger partial charge in [-0.05, 0) is 18.2 Å². The first-order valence-corrected chi connectivity index (χ1v) is 9.97. The largest absolute Gasteiger partial charge is 0.490 e. The lowest BCUT2D eigenvalue weighted by Gasteiger charge is -2.27. The van der Waals surface area contributed by atoms with Gasteiger partial charge in [0.1, 0.15) is 17.7 Å². The average Bonchev–Trinajstić information content (AvgIpc) is 3.37. The normalized spacial score (nSPS) is 15.4. The van der Waals surface area contributed by atoms with Crippen LogP contribution in [-0.2, 0) is 0 Å². The molecule has 0 saturated carbocycles. The molecule has 3 aromatic heterocycles. The van der Waals surface area contributed by atoms with Gasteiger partial charge in [0, 0.05) is 18.1 Å². The molecule has 0 fully saturated rings. The summed E-state index contributed by atoms with van der Waals surface area (Å²) in [6, 6.07) is 6.31. The van der Waals surface area contributed by atoms with Crippen molar-refractivity contribution in [1.29, 1.82) is 0 Å². The van der Waals surface area contributed by atoms with Crippen LogP contribution in [0.1, 0.15) is 18.0 Å². The Bertz CT molecular complexity index is 1680. The molecule has 5 aromatic rings. The number of imidazole rings is 2. The number of hydrogen-bond acceptors (Lipinski definition) is 5. The predicted octanol–water partition coefficient (Wildman–Crippen LogP) is 3.66. The van der Waals surface area contributed by atoms with Gasteiger partial charge < -0.3 is 9.72 Å². The fourth-order valence-electron chi connectivity index (χ4n) is 4.21. The molecule has 4 heterocycles. The van der Waals surface area contributed by atoms with Crippen LogP contribution in [0.3, 0.4) is 0 Å². The van der Waals surface area contributed by atoms with Crippen molar-refractivity contribution in [1.82, 2.24) is 29.1 Å². The van der Waals surface area contributed by atoms with Gasteiger partial charge in [-0.1, -0.05) is 6.07 Å². The number of rotatable bonds is 2. The lowest BCUT2D eigenvalue weighted by atomic mass is 10.00. The van der Waals surface area contributed by atoms with Crippen LogP contribution >= 0.6 is 0 Å². The number of nitrogens with zero attached hydrogens (tertiary/aromatic N) is 6. The molecule has 0 unspecified atom stereocenters. The van der Waals surface area contributed by atoms with E-state index in [9.17, 15) is 13.6 Å². The van der Waals surface area contributed by atoms with E-state index in [1.807, 2.05) is 0 Å². The standard InChI is InChI=1S/C22H13F2N7O2/c1-25-12-2-3-15-18(8-12)30(10-27-15)21-26-9-16-20(29-21)31(22(32)28-16)17-4-5-33-19-13(17)6-11(23)7-14(19)24/h2-3,6-10,17H,4-5H2,(H,28,32)/t17-/m1/s1. The molecule has 162 valence electrons. The molecule has 0 radical (unpaired) electrons. The van der Waals surface area contributed by atoms with Crippen LogP contribution in [0, 0.1) is 18.2 Å².